The molecule has 3 aromatic carbocycles. The number of aliphatic hydroxyl groups is 1. The van der Waals surface area contributed by atoms with Gasteiger partial charge in [-0.25, -0.2) is 4.39 Å². The van der Waals surface area contributed by atoms with Gasteiger partial charge in [-0.05, 0) is 59.8 Å². The Morgan fingerprint density at radius 2 is 1.84 bits per heavy atom. The van der Waals surface area contributed by atoms with Crippen LogP contribution in [0, 0.1) is 12.7 Å². The van der Waals surface area contributed by atoms with Crippen LogP contribution in [0.3, 0.4) is 0 Å². The van der Waals surface area contributed by atoms with E-state index < -0.39 is 17.7 Å². The van der Waals surface area contributed by atoms with Crippen LogP contribution in [0.25, 0.3) is 5.76 Å². The zero-order valence-corrected chi connectivity index (χ0v) is 25.2. The van der Waals surface area contributed by atoms with E-state index in [1.807, 2.05) is 42.6 Å². The molecule has 1 fully saturated rings. The molecule has 1 N–H and O–H groups in total. The summed E-state index contributed by atoms with van der Waals surface area (Å²) in [6, 6.07) is 24.0. The van der Waals surface area contributed by atoms with Gasteiger partial charge < -0.3 is 9.84 Å². The number of carbonyl (C=O) groups excluding carboxylic acids is 2. The van der Waals surface area contributed by atoms with E-state index in [0.29, 0.717) is 38.5 Å². The van der Waals surface area contributed by atoms with Crippen molar-refractivity contribution in [3.63, 3.8) is 0 Å². The molecule has 1 unspecified atom stereocenters. The topological polar surface area (TPSA) is 92.6 Å². The van der Waals surface area contributed by atoms with E-state index in [1.165, 1.54) is 34.1 Å². The van der Waals surface area contributed by atoms with Gasteiger partial charge in [0.25, 0.3) is 5.78 Å². The minimum Gasteiger partial charge on any atom is -0.507 e. The number of hydrogen-bond acceptors (Lipinski definition) is 9. The fourth-order valence-corrected chi connectivity index (χ4v) is 7.37. The van der Waals surface area contributed by atoms with Crippen molar-refractivity contribution in [1.82, 2.24) is 10.2 Å². The van der Waals surface area contributed by atoms with Crippen LogP contribution in [0.2, 0.25) is 0 Å². The summed E-state index contributed by atoms with van der Waals surface area (Å²) >= 11 is 3.78. The molecule has 11 heteroatoms. The number of thioether (sulfide) groups is 1. The highest BCUT2D eigenvalue weighted by atomic mass is 32.2. The van der Waals surface area contributed by atoms with Crippen LogP contribution >= 0.6 is 34.4 Å². The number of ether oxygens (including phenoxy) is 1. The van der Waals surface area contributed by atoms with Crippen LogP contribution in [-0.2, 0) is 21.9 Å². The standard InChI is InChI=1S/C32H24FN3O4S3/c1-19-6-4-7-20(16-19)17-40-23-13-11-21(12-14-23)28(37)26-27(25-10-5-15-41-25)36(30(39)29(26)38)31-34-35-32(43-31)42-18-22-8-2-3-9-24(22)33/h2-16,27,37H,17-18H2,1H3/b28-26+. The second kappa shape index (κ2) is 12.5. The zero-order chi connectivity index (χ0) is 29.9. The Labute approximate surface area is 259 Å². The summed E-state index contributed by atoms with van der Waals surface area (Å²) in [5, 5.41) is 21.8. The summed E-state index contributed by atoms with van der Waals surface area (Å²) in [5.41, 5.74) is 3.05. The van der Waals surface area contributed by atoms with E-state index in [0.717, 1.165) is 22.5 Å². The predicted octanol–water partition coefficient (Wildman–Crippen LogP) is 7.54. The van der Waals surface area contributed by atoms with Crippen LogP contribution in [0.15, 0.2) is 100 Å². The lowest BCUT2D eigenvalue weighted by Crippen LogP contribution is -2.29. The Kier molecular flexibility index (Phi) is 8.37. The van der Waals surface area contributed by atoms with Gasteiger partial charge in [0.05, 0.1) is 5.57 Å². The molecule has 216 valence electrons. The number of aliphatic hydroxyl groups excluding tert-OH is 1. The molecule has 0 radical (unpaired) electrons. The van der Waals surface area contributed by atoms with Crippen molar-refractivity contribution in [1.29, 1.82) is 0 Å². The molecule has 3 heterocycles. The lowest BCUT2D eigenvalue weighted by molar-refractivity contribution is -0.132. The summed E-state index contributed by atoms with van der Waals surface area (Å²) in [5.74, 6) is -1.29. The van der Waals surface area contributed by atoms with E-state index in [4.69, 9.17) is 4.74 Å². The molecule has 1 saturated heterocycles. The van der Waals surface area contributed by atoms with Gasteiger partial charge in [-0.15, -0.1) is 21.5 Å². The van der Waals surface area contributed by atoms with Gasteiger partial charge in [-0.1, -0.05) is 77.2 Å². The van der Waals surface area contributed by atoms with Crippen molar-refractivity contribution >= 4 is 57.0 Å². The number of carbonyl (C=O) groups is 2. The molecule has 1 atom stereocenters. The number of amides is 1. The highest BCUT2D eigenvalue weighted by Gasteiger charge is 2.48. The number of benzene rings is 3. The quantitative estimate of drug-likeness (QED) is 0.0592. The minimum atomic E-state index is -0.880. The first kappa shape index (κ1) is 28.8. The third-order valence-corrected chi connectivity index (χ3v) is 9.81. The van der Waals surface area contributed by atoms with Crippen molar-refractivity contribution in [2.24, 2.45) is 0 Å². The normalized spacial score (nSPS) is 16.1. The maximum absolute atomic E-state index is 14.1. The molecule has 7 nitrogen and oxygen atoms in total. The summed E-state index contributed by atoms with van der Waals surface area (Å²) in [6.07, 6.45) is 0. The van der Waals surface area contributed by atoms with Gasteiger partial charge in [0, 0.05) is 16.2 Å². The van der Waals surface area contributed by atoms with Gasteiger partial charge in [-0.3, -0.25) is 14.5 Å². The van der Waals surface area contributed by atoms with E-state index >= 15 is 0 Å². The SMILES string of the molecule is Cc1cccc(COc2ccc(/C(O)=C3\C(=O)C(=O)N(c4nnc(SCc5ccccc5F)s4)C3c3cccs3)cc2)c1. The molecular weight excluding hydrogens is 606 g/mol. The minimum absolute atomic E-state index is 0.0309. The molecule has 43 heavy (non-hydrogen) atoms. The summed E-state index contributed by atoms with van der Waals surface area (Å²) in [6.45, 7) is 2.41. The molecule has 0 bridgehead atoms. The third-order valence-electron chi connectivity index (χ3n) is 6.78. The first-order valence-corrected chi connectivity index (χ1v) is 15.9. The second-order valence-electron chi connectivity index (χ2n) is 9.72. The van der Waals surface area contributed by atoms with Gasteiger partial charge in [0.2, 0.25) is 5.13 Å². The maximum atomic E-state index is 14.1. The summed E-state index contributed by atoms with van der Waals surface area (Å²) in [7, 11) is 0. The first-order valence-electron chi connectivity index (χ1n) is 13.2. The summed E-state index contributed by atoms with van der Waals surface area (Å²) in [4.78, 5) is 28.8. The van der Waals surface area contributed by atoms with Crippen LogP contribution in [-0.4, -0.2) is 27.0 Å². The molecule has 6 rings (SSSR count). The van der Waals surface area contributed by atoms with Crippen LogP contribution in [0.4, 0.5) is 9.52 Å². The number of aromatic nitrogens is 2. The molecule has 0 aliphatic carbocycles. The average molecular weight is 630 g/mol. The summed E-state index contributed by atoms with van der Waals surface area (Å²) < 4.78 is 20.5. The molecule has 1 amide bonds. The van der Waals surface area contributed by atoms with Crippen molar-refractivity contribution in [2.75, 3.05) is 4.90 Å². The first-order chi connectivity index (χ1) is 20.9. The molecule has 0 saturated carbocycles. The van der Waals surface area contributed by atoms with Gasteiger partial charge in [-0.2, -0.15) is 0 Å². The lowest BCUT2D eigenvalue weighted by Gasteiger charge is -2.20. The number of Topliss-reactive ketones (excluding diaryl/α,β-unsaturated/α-hetero) is 1. The molecule has 0 spiro atoms. The van der Waals surface area contributed by atoms with Crippen molar-refractivity contribution < 1.29 is 23.8 Å². The zero-order valence-electron chi connectivity index (χ0n) is 22.8. The Hall–Kier alpha value is -4.32. The van der Waals surface area contributed by atoms with Crippen LogP contribution in [0.5, 0.6) is 5.75 Å². The highest BCUT2D eigenvalue weighted by molar-refractivity contribution is 8.00. The Balaban J connectivity index is 1.26. The highest BCUT2D eigenvalue weighted by Crippen LogP contribution is 2.45. The number of nitrogens with zero attached hydrogens (tertiary/aromatic N) is 3. The van der Waals surface area contributed by atoms with Gasteiger partial charge >= 0.3 is 5.91 Å². The molecule has 1 aliphatic rings. The Bertz CT molecular complexity index is 1820. The number of rotatable bonds is 9. The van der Waals surface area contributed by atoms with Gasteiger partial charge in [0.1, 0.15) is 30.0 Å². The van der Waals surface area contributed by atoms with E-state index in [-0.39, 0.29) is 22.3 Å². The number of hydrogen-bond donors (Lipinski definition) is 1. The second-order valence-corrected chi connectivity index (χ2v) is 12.9. The molecule has 2 aromatic heterocycles. The van der Waals surface area contributed by atoms with Crippen molar-refractivity contribution in [3.05, 3.63) is 129 Å². The fourth-order valence-electron chi connectivity index (χ4n) is 4.69. The number of anilines is 1. The average Bonchev–Trinajstić information content (AvgIpc) is 3.76. The number of thiophene rings is 1. The van der Waals surface area contributed by atoms with E-state index in [1.54, 1.807) is 48.5 Å². The molecular formula is C32H24FN3O4S3. The smallest absolute Gasteiger partial charge is 0.301 e. The molecule has 5 aromatic rings. The molecule has 1 aliphatic heterocycles. The Morgan fingerprint density at radius 3 is 2.58 bits per heavy atom. The van der Waals surface area contributed by atoms with E-state index in [2.05, 4.69) is 10.2 Å². The monoisotopic (exact) mass is 629 g/mol. The van der Waals surface area contributed by atoms with Crippen LogP contribution < -0.4 is 9.64 Å². The van der Waals surface area contributed by atoms with Crippen LogP contribution in [0.1, 0.15) is 33.2 Å². The maximum Gasteiger partial charge on any atom is 0.301 e. The number of ketones is 1. The van der Waals surface area contributed by atoms with Crippen molar-refractivity contribution in [2.45, 2.75) is 29.7 Å². The van der Waals surface area contributed by atoms with Crippen molar-refractivity contribution in [3.8, 4) is 5.75 Å². The Morgan fingerprint density at radius 1 is 1.02 bits per heavy atom. The predicted molar refractivity (Wildman–Crippen MR) is 167 cm³/mol. The third kappa shape index (κ3) is 6.10. The lowest BCUT2D eigenvalue weighted by atomic mass is 10.00. The fraction of sp³-hybridized carbons (Fsp3) is 0.125. The number of halogens is 1. The van der Waals surface area contributed by atoms with Gasteiger partial charge in [0.15, 0.2) is 4.34 Å². The van der Waals surface area contributed by atoms with E-state index in [9.17, 15) is 19.1 Å². The largest absolute Gasteiger partial charge is 0.507 e. The number of aryl methyl sites for hydroxylation is 1.